The Labute approximate surface area is 92.4 Å². The van der Waals surface area contributed by atoms with Crippen LogP contribution >= 0.6 is 0 Å². The van der Waals surface area contributed by atoms with Gasteiger partial charge in [0.1, 0.15) is 0 Å². The Morgan fingerprint density at radius 1 is 1.62 bits per heavy atom. The molecular weight excluding hydrogens is 214 g/mol. The highest BCUT2D eigenvalue weighted by Gasteiger charge is 2.19. The number of hydrogen-bond donors (Lipinski definition) is 1. The third kappa shape index (κ3) is 2.57. The number of rotatable bonds is 5. The minimum Gasteiger partial charge on any atom is -0.481 e. The van der Waals surface area contributed by atoms with Gasteiger partial charge in [0.15, 0.2) is 0 Å². The standard InChI is InChI=1S/C9H13N3O4/c1-11(5-6-13)9-7(12(14)15)3-4-8(10-9)16-2/h3-4,13H,5-6H2,1-2H3. The number of nitro groups is 1. The van der Waals surface area contributed by atoms with Crippen LogP contribution in [0.2, 0.25) is 0 Å². The first-order valence-corrected chi connectivity index (χ1v) is 4.61. The second-order valence-corrected chi connectivity index (χ2v) is 3.10. The largest absolute Gasteiger partial charge is 0.481 e. The Balaban J connectivity index is 3.14. The van der Waals surface area contributed by atoms with Crippen molar-refractivity contribution in [2.24, 2.45) is 0 Å². The lowest BCUT2D eigenvalue weighted by atomic mass is 10.3. The van der Waals surface area contributed by atoms with E-state index in [2.05, 4.69) is 4.98 Å². The number of nitrogens with zero attached hydrogens (tertiary/aromatic N) is 3. The van der Waals surface area contributed by atoms with Crippen molar-refractivity contribution in [1.82, 2.24) is 4.98 Å². The van der Waals surface area contributed by atoms with E-state index in [1.807, 2.05) is 0 Å². The van der Waals surface area contributed by atoms with Crippen LogP contribution in [-0.4, -0.2) is 42.3 Å². The predicted molar refractivity (Wildman–Crippen MR) is 57.8 cm³/mol. The molecule has 88 valence electrons. The molecule has 1 N–H and O–H groups in total. The summed E-state index contributed by atoms with van der Waals surface area (Å²) in [4.78, 5) is 15.7. The molecule has 16 heavy (non-hydrogen) atoms. The third-order valence-electron chi connectivity index (χ3n) is 2.03. The van der Waals surface area contributed by atoms with Crippen LogP contribution in [0.1, 0.15) is 0 Å². The van der Waals surface area contributed by atoms with Crippen molar-refractivity contribution in [2.45, 2.75) is 0 Å². The molecule has 0 aliphatic carbocycles. The average Bonchev–Trinajstić information content (AvgIpc) is 2.28. The fourth-order valence-electron chi connectivity index (χ4n) is 1.22. The molecule has 0 fully saturated rings. The molecule has 0 spiro atoms. The van der Waals surface area contributed by atoms with E-state index in [0.717, 1.165) is 0 Å². The summed E-state index contributed by atoms with van der Waals surface area (Å²) < 4.78 is 4.90. The fraction of sp³-hybridized carbons (Fsp3) is 0.444. The number of anilines is 1. The van der Waals surface area contributed by atoms with Crippen LogP contribution in [0.4, 0.5) is 11.5 Å². The predicted octanol–water partition coefficient (Wildman–Crippen LogP) is 0.427. The van der Waals surface area contributed by atoms with Gasteiger partial charge in [0.25, 0.3) is 0 Å². The highest BCUT2D eigenvalue weighted by atomic mass is 16.6. The molecule has 1 heterocycles. The quantitative estimate of drug-likeness (QED) is 0.579. The minimum absolute atomic E-state index is 0.105. The van der Waals surface area contributed by atoms with Gasteiger partial charge in [0.2, 0.25) is 11.7 Å². The minimum atomic E-state index is -0.518. The summed E-state index contributed by atoms with van der Waals surface area (Å²) in [7, 11) is 3.05. The lowest BCUT2D eigenvalue weighted by molar-refractivity contribution is -0.384. The van der Waals surface area contributed by atoms with Crippen molar-refractivity contribution < 1.29 is 14.8 Å². The number of methoxy groups -OCH3 is 1. The molecule has 0 amide bonds. The summed E-state index contributed by atoms with van der Waals surface area (Å²) in [6, 6.07) is 2.75. The number of ether oxygens (including phenoxy) is 1. The maximum atomic E-state index is 10.8. The van der Waals surface area contributed by atoms with E-state index in [1.54, 1.807) is 7.05 Å². The van der Waals surface area contributed by atoms with Crippen LogP contribution in [0, 0.1) is 10.1 Å². The Morgan fingerprint density at radius 3 is 2.81 bits per heavy atom. The van der Waals surface area contributed by atoms with Gasteiger partial charge in [-0.25, -0.2) is 0 Å². The topological polar surface area (TPSA) is 88.7 Å². The molecule has 0 unspecified atom stereocenters. The van der Waals surface area contributed by atoms with Crippen LogP contribution in [0.5, 0.6) is 5.88 Å². The summed E-state index contributed by atoms with van der Waals surface area (Å²) in [6.45, 7) is 0.160. The van der Waals surface area contributed by atoms with Gasteiger partial charge in [-0.3, -0.25) is 10.1 Å². The van der Waals surface area contributed by atoms with E-state index in [1.165, 1.54) is 24.1 Å². The number of pyridine rings is 1. The van der Waals surface area contributed by atoms with Gasteiger partial charge in [-0.05, 0) is 0 Å². The molecule has 0 aromatic carbocycles. The van der Waals surface area contributed by atoms with Crippen molar-refractivity contribution in [3.05, 3.63) is 22.2 Å². The van der Waals surface area contributed by atoms with Crippen LogP contribution in [0.15, 0.2) is 12.1 Å². The first kappa shape index (κ1) is 12.2. The Hall–Kier alpha value is -1.89. The SMILES string of the molecule is COc1ccc([N+](=O)[O-])c(N(C)CCO)n1. The van der Waals surface area contributed by atoms with Gasteiger partial charge in [0, 0.05) is 25.7 Å². The van der Waals surface area contributed by atoms with Gasteiger partial charge in [-0.15, -0.1) is 0 Å². The van der Waals surface area contributed by atoms with E-state index in [-0.39, 0.29) is 24.7 Å². The number of aromatic nitrogens is 1. The number of aliphatic hydroxyl groups excluding tert-OH is 1. The van der Waals surface area contributed by atoms with Gasteiger partial charge in [-0.1, -0.05) is 0 Å². The zero-order valence-corrected chi connectivity index (χ0v) is 9.08. The van der Waals surface area contributed by atoms with Gasteiger partial charge in [0.05, 0.1) is 18.6 Å². The first-order chi connectivity index (χ1) is 7.60. The Morgan fingerprint density at radius 2 is 2.31 bits per heavy atom. The van der Waals surface area contributed by atoms with E-state index in [4.69, 9.17) is 9.84 Å². The maximum Gasteiger partial charge on any atom is 0.311 e. The zero-order valence-electron chi connectivity index (χ0n) is 9.08. The van der Waals surface area contributed by atoms with Crippen molar-refractivity contribution in [2.75, 3.05) is 32.2 Å². The fourth-order valence-corrected chi connectivity index (χ4v) is 1.22. The van der Waals surface area contributed by atoms with Gasteiger partial charge >= 0.3 is 5.69 Å². The third-order valence-corrected chi connectivity index (χ3v) is 2.03. The average molecular weight is 227 g/mol. The van der Waals surface area contributed by atoms with E-state index < -0.39 is 4.92 Å². The lowest BCUT2D eigenvalue weighted by Gasteiger charge is -2.16. The number of likely N-dealkylation sites (N-methyl/N-ethyl adjacent to an activating group) is 1. The highest BCUT2D eigenvalue weighted by molar-refractivity contribution is 5.58. The second kappa shape index (κ2) is 5.26. The maximum absolute atomic E-state index is 10.8. The van der Waals surface area contributed by atoms with Crippen LogP contribution in [0.25, 0.3) is 0 Å². The van der Waals surface area contributed by atoms with E-state index in [0.29, 0.717) is 5.88 Å². The molecule has 7 nitrogen and oxygen atoms in total. The molecule has 0 radical (unpaired) electrons. The molecule has 0 saturated heterocycles. The summed E-state index contributed by atoms with van der Waals surface area (Å²) >= 11 is 0. The molecule has 7 heteroatoms. The summed E-state index contributed by atoms with van der Waals surface area (Å²) in [5, 5.41) is 19.5. The van der Waals surface area contributed by atoms with Crippen molar-refractivity contribution in [3.63, 3.8) is 0 Å². The molecule has 0 aliphatic heterocycles. The smallest absolute Gasteiger partial charge is 0.311 e. The van der Waals surface area contributed by atoms with E-state index >= 15 is 0 Å². The molecular formula is C9H13N3O4. The van der Waals surface area contributed by atoms with Gasteiger partial charge in [-0.2, -0.15) is 4.98 Å². The van der Waals surface area contributed by atoms with Crippen LogP contribution in [-0.2, 0) is 0 Å². The van der Waals surface area contributed by atoms with Gasteiger partial charge < -0.3 is 14.7 Å². The Kier molecular flexibility index (Phi) is 4.01. The van der Waals surface area contributed by atoms with E-state index in [9.17, 15) is 10.1 Å². The number of aliphatic hydroxyl groups is 1. The number of hydrogen-bond acceptors (Lipinski definition) is 6. The molecule has 1 aromatic heterocycles. The highest BCUT2D eigenvalue weighted by Crippen LogP contribution is 2.27. The van der Waals surface area contributed by atoms with Crippen molar-refractivity contribution in [1.29, 1.82) is 0 Å². The molecule has 1 rings (SSSR count). The zero-order chi connectivity index (χ0) is 12.1. The second-order valence-electron chi connectivity index (χ2n) is 3.10. The first-order valence-electron chi connectivity index (χ1n) is 4.61. The van der Waals surface area contributed by atoms with Crippen molar-refractivity contribution >= 4 is 11.5 Å². The van der Waals surface area contributed by atoms with Crippen LogP contribution < -0.4 is 9.64 Å². The molecule has 0 aliphatic rings. The molecule has 0 saturated carbocycles. The van der Waals surface area contributed by atoms with Crippen LogP contribution in [0.3, 0.4) is 0 Å². The monoisotopic (exact) mass is 227 g/mol. The molecule has 0 atom stereocenters. The summed E-state index contributed by atoms with van der Waals surface area (Å²) in [6.07, 6.45) is 0. The van der Waals surface area contributed by atoms with Crippen molar-refractivity contribution in [3.8, 4) is 5.88 Å². The summed E-state index contributed by atoms with van der Waals surface area (Å²) in [5.74, 6) is 0.476. The molecule has 0 bridgehead atoms. The lowest BCUT2D eigenvalue weighted by Crippen LogP contribution is -2.23. The molecule has 1 aromatic rings. The Bertz CT molecular complexity index is 383. The summed E-state index contributed by atoms with van der Waals surface area (Å²) in [5.41, 5.74) is -0.114. The normalized spacial score (nSPS) is 9.94.